The molecule has 0 radical (unpaired) electrons. The molecule has 1 N–H and O–H groups in total. The average molecular weight is 252 g/mol. The van der Waals surface area contributed by atoms with Crippen molar-refractivity contribution in [1.29, 1.82) is 0 Å². The minimum absolute atomic E-state index is 0.250. The van der Waals surface area contributed by atoms with Crippen molar-refractivity contribution in [2.45, 2.75) is 13.3 Å². The molecule has 0 aliphatic heterocycles. The highest BCUT2D eigenvalue weighted by Crippen LogP contribution is 2.22. The minimum atomic E-state index is 0.250. The van der Waals surface area contributed by atoms with Crippen molar-refractivity contribution in [2.24, 2.45) is 10.2 Å². The van der Waals surface area contributed by atoms with E-state index in [9.17, 15) is 0 Å². The molecule has 2 aromatic heterocycles. The molecule has 0 aliphatic carbocycles. The number of aromatic amines is 1. The van der Waals surface area contributed by atoms with Crippen molar-refractivity contribution < 1.29 is 0 Å². The van der Waals surface area contributed by atoms with E-state index >= 15 is 0 Å². The van der Waals surface area contributed by atoms with E-state index in [0.717, 1.165) is 22.8 Å². The van der Waals surface area contributed by atoms with E-state index in [1.54, 1.807) is 6.20 Å². The van der Waals surface area contributed by atoms with Crippen molar-refractivity contribution in [3.8, 4) is 0 Å². The Morgan fingerprint density at radius 3 is 3.05 bits per heavy atom. The third kappa shape index (κ3) is 2.20. The molecule has 94 valence electrons. The maximum absolute atomic E-state index is 4.29. The van der Waals surface area contributed by atoms with Gasteiger partial charge in [0.25, 0.3) is 5.95 Å². The first-order chi connectivity index (χ1) is 9.38. The van der Waals surface area contributed by atoms with Gasteiger partial charge in [-0.2, -0.15) is 10.1 Å². The molecule has 3 rings (SSSR count). The molecular weight excluding hydrogens is 240 g/mol. The number of allylic oxidation sites excluding steroid dienone is 1. The van der Waals surface area contributed by atoms with Crippen LogP contribution < -0.4 is 0 Å². The lowest BCUT2D eigenvalue weighted by Gasteiger charge is -1.89. The Morgan fingerprint density at radius 1 is 1.26 bits per heavy atom. The standard InChI is InChI=1S/C13H12N6/c1-2-3-8-14-18-13-16-12-11(17-19-13)9-6-4-5-7-10(9)15-12/h3-8H,2H2,1H3,(H,15,16,19)/b8-3+,18-14?. The highest BCUT2D eigenvalue weighted by Gasteiger charge is 2.07. The van der Waals surface area contributed by atoms with Gasteiger partial charge in [-0.05, 0) is 12.5 Å². The van der Waals surface area contributed by atoms with Crippen molar-refractivity contribution in [3.63, 3.8) is 0 Å². The fraction of sp³-hybridized carbons (Fsp3) is 0.154. The molecule has 2 heterocycles. The smallest absolute Gasteiger partial charge is 0.289 e. The Morgan fingerprint density at radius 2 is 2.16 bits per heavy atom. The summed E-state index contributed by atoms with van der Waals surface area (Å²) in [5, 5.41) is 16.9. The second kappa shape index (κ2) is 4.93. The summed E-state index contributed by atoms with van der Waals surface area (Å²) in [6, 6.07) is 7.88. The Hall–Kier alpha value is -2.63. The van der Waals surface area contributed by atoms with E-state index in [1.807, 2.05) is 37.3 Å². The summed E-state index contributed by atoms with van der Waals surface area (Å²) < 4.78 is 0. The molecule has 3 aromatic rings. The van der Waals surface area contributed by atoms with Gasteiger partial charge in [-0.15, -0.1) is 15.3 Å². The molecule has 0 saturated carbocycles. The fourth-order valence-electron chi connectivity index (χ4n) is 1.79. The van der Waals surface area contributed by atoms with Crippen LogP contribution >= 0.6 is 0 Å². The molecule has 6 heteroatoms. The molecule has 0 amide bonds. The van der Waals surface area contributed by atoms with E-state index in [0.29, 0.717) is 5.65 Å². The van der Waals surface area contributed by atoms with Crippen LogP contribution in [0.4, 0.5) is 5.95 Å². The molecular formula is C13H12N6. The second-order valence-electron chi connectivity index (χ2n) is 3.99. The molecule has 1 aromatic carbocycles. The van der Waals surface area contributed by atoms with Crippen LogP contribution in [0.3, 0.4) is 0 Å². The number of nitrogens with one attached hydrogen (secondary N) is 1. The van der Waals surface area contributed by atoms with Gasteiger partial charge in [-0.1, -0.05) is 31.2 Å². The van der Waals surface area contributed by atoms with Crippen LogP contribution in [0, 0.1) is 0 Å². The summed E-state index contributed by atoms with van der Waals surface area (Å²) in [5.41, 5.74) is 2.41. The van der Waals surface area contributed by atoms with Gasteiger partial charge in [0.1, 0.15) is 5.52 Å². The molecule has 19 heavy (non-hydrogen) atoms. The van der Waals surface area contributed by atoms with Gasteiger partial charge in [0.15, 0.2) is 5.65 Å². The Bertz CT molecular complexity index is 771. The number of H-pyrrole nitrogens is 1. The van der Waals surface area contributed by atoms with Gasteiger partial charge >= 0.3 is 0 Å². The number of azo groups is 1. The van der Waals surface area contributed by atoms with Gasteiger partial charge in [0.05, 0.1) is 0 Å². The number of hydrogen-bond acceptors (Lipinski definition) is 5. The lowest BCUT2D eigenvalue weighted by atomic mass is 10.2. The second-order valence-corrected chi connectivity index (χ2v) is 3.99. The topological polar surface area (TPSA) is 79.2 Å². The third-order valence-electron chi connectivity index (χ3n) is 2.67. The molecule has 0 bridgehead atoms. The third-order valence-corrected chi connectivity index (χ3v) is 2.67. The average Bonchev–Trinajstić information content (AvgIpc) is 2.81. The SMILES string of the molecule is CC/C=C/N=Nc1nnc2c(n1)[nH]c1ccccc12. The van der Waals surface area contributed by atoms with Gasteiger partial charge < -0.3 is 4.98 Å². The van der Waals surface area contributed by atoms with Gasteiger partial charge in [0.2, 0.25) is 0 Å². The van der Waals surface area contributed by atoms with Crippen molar-refractivity contribution in [1.82, 2.24) is 20.2 Å². The monoisotopic (exact) mass is 252 g/mol. The summed E-state index contributed by atoms with van der Waals surface area (Å²) >= 11 is 0. The minimum Gasteiger partial charge on any atom is -0.338 e. The van der Waals surface area contributed by atoms with Crippen LogP contribution in [0.5, 0.6) is 0 Å². The number of fused-ring (bicyclic) bond motifs is 3. The quantitative estimate of drug-likeness (QED) is 0.724. The van der Waals surface area contributed by atoms with Crippen LogP contribution in [0.1, 0.15) is 13.3 Å². The van der Waals surface area contributed by atoms with Crippen LogP contribution in [-0.2, 0) is 0 Å². The first kappa shape index (κ1) is 11.5. The van der Waals surface area contributed by atoms with Crippen molar-refractivity contribution in [2.75, 3.05) is 0 Å². The van der Waals surface area contributed by atoms with Crippen molar-refractivity contribution >= 4 is 28.0 Å². The van der Waals surface area contributed by atoms with Gasteiger partial charge in [-0.25, -0.2) is 0 Å². The Kier molecular flexibility index (Phi) is 2.97. The predicted octanol–water partition coefficient (Wildman–Crippen LogP) is 3.51. The van der Waals surface area contributed by atoms with Gasteiger partial charge in [0, 0.05) is 17.1 Å². The van der Waals surface area contributed by atoms with Crippen LogP contribution in [0.2, 0.25) is 0 Å². The summed E-state index contributed by atoms with van der Waals surface area (Å²) in [6.07, 6.45) is 4.44. The van der Waals surface area contributed by atoms with Crippen LogP contribution in [-0.4, -0.2) is 20.2 Å². The maximum atomic E-state index is 4.29. The number of para-hydroxylation sites is 1. The lowest BCUT2D eigenvalue weighted by Crippen LogP contribution is -1.86. The summed E-state index contributed by atoms with van der Waals surface area (Å²) in [7, 11) is 0. The first-order valence-electron chi connectivity index (χ1n) is 6.05. The zero-order valence-electron chi connectivity index (χ0n) is 10.4. The molecule has 0 atom stereocenters. The Labute approximate surface area is 109 Å². The summed E-state index contributed by atoms with van der Waals surface area (Å²) in [4.78, 5) is 7.47. The molecule has 0 saturated heterocycles. The van der Waals surface area contributed by atoms with E-state index in [1.165, 1.54) is 0 Å². The van der Waals surface area contributed by atoms with E-state index in [-0.39, 0.29) is 5.95 Å². The van der Waals surface area contributed by atoms with Crippen LogP contribution in [0.25, 0.3) is 22.1 Å². The highest BCUT2D eigenvalue weighted by atomic mass is 15.3. The number of aromatic nitrogens is 4. The highest BCUT2D eigenvalue weighted by molar-refractivity contribution is 6.03. The zero-order chi connectivity index (χ0) is 13.1. The summed E-state index contributed by atoms with van der Waals surface area (Å²) in [6.45, 7) is 2.03. The van der Waals surface area contributed by atoms with E-state index < -0.39 is 0 Å². The van der Waals surface area contributed by atoms with Crippen LogP contribution in [0.15, 0.2) is 46.8 Å². The van der Waals surface area contributed by atoms with Gasteiger partial charge in [-0.3, -0.25) is 0 Å². The predicted molar refractivity (Wildman–Crippen MR) is 73.1 cm³/mol. The molecule has 0 unspecified atom stereocenters. The molecule has 0 fully saturated rings. The summed E-state index contributed by atoms with van der Waals surface area (Å²) in [5.74, 6) is 0.250. The molecule has 0 spiro atoms. The molecule has 0 aliphatic rings. The molecule has 6 nitrogen and oxygen atoms in total. The van der Waals surface area contributed by atoms with E-state index in [2.05, 4.69) is 30.4 Å². The number of benzene rings is 1. The largest absolute Gasteiger partial charge is 0.338 e. The number of nitrogens with zero attached hydrogens (tertiary/aromatic N) is 5. The van der Waals surface area contributed by atoms with Crippen molar-refractivity contribution in [3.05, 3.63) is 36.5 Å². The maximum Gasteiger partial charge on any atom is 0.289 e. The first-order valence-corrected chi connectivity index (χ1v) is 6.05. The number of rotatable bonds is 3. The Balaban J connectivity index is 2.03. The number of hydrogen-bond donors (Lipinski definition) is 1. The fourth-order valence-corrected chi connectivity index (χ4v) is 1.79. The van der Waals surface area contributed by atoms with E-state index in [4.69, 9.17) is 0 Å². The zero-order valence-corrected chi connectivity index (χ0v) is 10.4. The normalized spacial score (nSPS) is 12.3. The lowest BCUT2D eigenvalue weighted by molar-refractivity contribution is 0.977.